The third-order valence-electron chi connectivity index (χ3n) is 1.46. The van der Waals surface area contributed by atoms with Crippen molar-refractivity contribution in [3.63, 3.8) is 0 Å². The van der Waals surface area contributed by atoms with Gasteiger partial charge in [-0.05, 0) is 6.92 Å². The third-order valence-corrected chi connectivity index (χ3v) is 3.28. The number of hydrogen-bond acceptors (Lipinski definition) is 3. The third kappa shape index (κ3) is 1.47. The van der Waals surface area contributed by atoms with E-state index in [2.05, 4.69) is 0 Å². The van der Waals surface area contributed by atoms with Crippen LogP contribution in [0.1, 0.15) is 6.92 Å². The molecule has 5 heteroatoms. The van der Waals surface area contributed by atoms with E-state index in [4.69, 9.17) is 5.11 Å². The van der Waals surface area contributed by atoms with Gasteiger partial charge in [0.05, 0.1) is 11.9 Å². The molecule has 1 heterocycles. The molecule has 0 aromatic heterocycles. The Morgan fingerprint density at radius 3 is 2.40 bits per heavy atom. The maximum Gasteiger partial charge on any atom is 0.215 e. The van der Waals surface area contributed by atoms with Gasteiger partial charge in [-0.2, -0.15) is 4.31 Å². The number of sulfonamides is 1. The normalized spacial score (nSPS) is 27.4. The second-order valence-electron chi connectivity index (χ2n) is 2.52. The largest absolute Gasteiger partial charge is 0.392 e. The Morgan fingerprint density at radius 1 is 1.70 bits per heavy atom. The Bertz CT molecular complexity index is 209. The average molecular weight is 165 g/mol. The SMILES string of the molecule is CC(O)CN1CCS1(=O)=O. The second-order valence-corrected chi connectivity index (χ2v) is 4.61. The van der Waals surface area contributed by atoms with Crippen molar-refractivity contribution in [3.05, 3.63) is 0 Å². The maximum absolute atomic E-state index is 10.8. The highest BCUT2D eigenvalue weighted by Crippen LogP contribution is 2.12. The Hall–Kier alpha value is -0.130. The molecule has 1 fully saturated rings. The lowest BCUT2D eigenvalue weighted by Crippen LogP contribution is -2.50. The molecule has 0 spiro atoms. The molecule has 60 valence electrons. The summed E-state index contributed by atoms with van der Waals surface area (Å²) in [4.78, 5) is 0. The van der Waals surface area contributed by atoms with Crippen molar-refractivity contribution in [2.75, 3.05) is 18.8 Å². The van der Waals surface area contributed by atoms with Crippen LogP contribution in [0, 0.1) is 0 Å². The molecular weight excluding hydrogens is 154 g/mol. The minimum Gasteiger partial charge on any atom is -0.392 e. The van der Waals surface area contributed by atoms with E-state index in [9.17, 15) is 8.42 Å². The summed E-state index contributed by atoms with van der Waals surface area (Å²) < 4.78 is 22.8. The van der Waals surface area contributed by atoms with Gasteiger partial charge < -0.3 is 5.11 Å². The van der Waals surface area contributed by atoms with E-state index < -0.39 is 16.1 Å². The molecule has 0 saturated carbocycles. The molecule has 1 atom stereocenters. The van der Waals surface area contributed by atoms with Crippen LogP contribution in [-0.4, -0.2) is 42.8 Å². The zero-order chi connectivity index (χ0) is 7.78. The summed E-state index contributed by atoms with van der Waals surface area (Å²) in [6.07, 6.45) is -0.560. The van der Waals surface area contributed by atoms with Gasteiger partial charge in [0, 0.05) is 13.1 Å². The van der Waals surface area contributed by atoms with Gasteiger partial charge in [0.2, 0.25) is 10.0 Å². The molecule has 0 amide bonds. The first kappa shape index (κ1) is 7.97. The predicted octanol–water partition coefficient (Wildman–Crippen LogP) is -0.987. The first-order valence-corrected chi connectivity index (χ1v) is 4.79. The van der Waals surface area contributed by atoms with Crippen molar-refractivity contribution in [3.8, 4) is 0 Å². The Kier molecular flexibility index (Phi) is 1.98. The first-order valence-electron chi connectivity index (χ1n) is 3.18. The fourth-order valence-electron chi connectivity index (χ4n) is 0.869. The lowest BCUT2D eigenvalue weighted by molar-refractivity contribution is 0.159. The summed E-state index contributed by atoms with van der Waals surface area (Å²) in [5.74, 6) is 0.236. The van der Waals surface area contributed by atoms with E-state index in [1.807, 2.05) is 0 Å². The number of aliphatic hydroxyl groups excluding tert-OH is 1. The summed E-state index contributed by atoms with van der Waals surface area (Å²) >= 11 is 0. The standard InChI is InChI=1S/C5H11NO3S/c1-5(7)4-6-2-3-10(6,8)9/h5,7H,2-4H2,1H3. The molecule has 0 aromatic rings. The van der Waals surface area contributed by atoms with Crippen LogP contribution in [0.25, 0.3) is 0 Å². The molecule has 1 saturated heterocycles. The van der Waals surface area contributed by atoms with Crippen LogP contribution in [0.2, 0.25) is 0 Å². The quantitative estimate of drug-likeness (QED) is 0.571. The van der Waals surface area contributed by atoms with E-state index in [1.54, 1.807) is 6.92 Å². The minimum atomic E-state index is -2.94. The van der Waals surface area contributed by atoms with Crippen molar-refractivity contribution < 1.29 is 13.5 Å². The maximum atomic E-state index is 10.8. The van der Waals surface area contributed by atoms with E-state index in [0.29, 0.717) is 6.54 Å². The number of rotatable bonds is 2. The molecule has 1 aliphatic heterocycles. The van der Waals surface area contributed by atoms with Crippen LogP contribution in [-0.2, 0) is 10.0 Å². The van der Waals surface area contributed by atoms with Gasteiger partial charge in [-0.15, -0.1) is 0 Å². The van der Waals surface area contributed by atoms with Crippen molar-refractivity contribution >= 4 is 10.0 Å². The van der Waals surface area contributed by atoms with Crippen molar-refractivity contribution in [1.82, 2.24) is 4.31 Å². The van der Waals surface area contributed by atoms with Gasteiger partial charge in [-0.25, -0.2) is 8.42 Å². The molecule has 1 aliphatic rings. The molecular formula is C5H11NO3S. The van der Waals surface area contributed by atoms with Gasteiger partial charge in [0.15, 0.2) is 0 Å². The molecule has 4 nitrogen and oxygen atoms in total. The highest BCUT2D eigenvalue weighted by atomic mass is 32.2. The van der Waals surface area contributed by atoms with Gasteiger partial charge in [-0.3, -0.25) is 0 Å². The monoisotopic (exact) mass is 165 g/mol. The smallest absolute Gasteiger partial charge is 0.215 e. The van der Waals surface area contributed by atoms with Crippen LogP contribution < -0.4 is 0 Å². The van der Waals surface area contributed by atoms with Gasteiger partial charge in [-0.1, -0.05) is 0 Å². The Balaban J connectivity index is 2.46. The average Bonchev–Trinajstić information content (AvgIpc) is 1.81. The van der Waals surface area contributed by atoms with Gasteiger partial charge in [0.25, 0.3) is 0 Å². The molecule has 1 N–H and O–H groups in total. The summed E-state index contributed by atoms with van der Waals surface area (Å²) in [5.41, 5.74) is 0. The molecule has 0 aromatic carbocycles. The lowest BCUT2D eigenvalue weighted by Gasteiger charge is -2.30. The lowest BCUT2D eigenvalue weighted by atomic mass is 10.4. The van der Waals surface area contributed by atoms with E-state index in [0.717, 1.165) is 0 Å². The zero-order valence-corrected chi connectivity index (χ0v) is 6.63. The minimum absolute atomic E-state index is 0.236. The van der Waals surface area contributed by atoms with Crippen LogP contribution in [0.4, 0.5) is 0 Å². The molecule has 0 aliphatic carbocycles. The number of β-amino-alcohol motifs (C(OH)–C–C–N with tert-alkyl or cyclic N) is 1. The molecule has 1 unspecified atom stereocenters. The molecule has 1 rings (SSSR count). The topological polar surface area (TPSA) is 57.6 Å². The first-order chi connectivity index (χ1) is 4.52. The van der Waals surface area contributed by atoms with Crippen molar-refractivity contribution in [2.24, 2.45) is 0 Å². The van der Waals surface area contributed by atoms with Gasteiger partial charge in [0.1, 0.15) is 0 Å². The van der Waals surface area contributed by atoms with E-state index in [-0.39, 0.29) is 12.3 Å². The molecule has 0 bridgehead atoms. The fraction of sp³-hybridized carbons (Fsp3) is 1.00. The summed E-state index contributed by atoms with van der Waals surface area (Å²) in [6, 6.07) is 0. The van der Waals surface area contributed by atoms with E-state index >= 15 is 0 Å². The number of nitrogens with zero attached hydrogens (tertiary/aromatic N) is 1. The Labute approximate surface area is 60.5 Å². The summed E-state index contributed by atoms with van der Waals surface area (Å²) in [6.45, 7) is 2.38. The summed E-state index contributed by atoms with van der Waals surface area (Å²) in [7, 11) is -2.94. The molecule has 0 radical (unpaired) electrons. The highest BCUT2D eigenvalue weighted by molar-refractivity contribution is 7.90. The van der Waals surface area contributed by atoms with Crippen LogP contribution in [0.5, 0.6) is 0 Å². The van der Waals surface area contributed by atoms with Crippen molar-refractivity contribution in [1.29, 1.82) is 0 Å². The van der Waals surface area contributed by atoms with E-state index in [1.165, 1.54) is 4.31 Å². The Morgan fingerprint density at radius 2 is 2.30 bits per heavy atom. The van der Waals surface area contributed by atoms with Crippen LogP contribution in [0.3, 0.4) is 0 Å². The van der Waals surface area contributed by atoms with Gasteiger partial charge >= 0.3 is 0 Å². The van der Waals surface area contributed by atoms with Crippen LogP contribution >= 0.6 is 0 Å². The predicted molar refractivity (Wildman–Crippen MR) is 37.0 cm³/mol. The number of aliphatic hydroxyl groups is 1. The zero-order valence-electron chi connectivity index (χ0n) is 5.82. The second kappa shape index (κ2) is 2.48. The number of hydrogen-bond donors (Lipinski definition) is 1. The highest BCUT2D eigenvalue weighted by Gasteiger charge is 2.32. The van der Waals surface area contributed by atoms with Crippen LogP contribution in [0.15, 0.2) is 0 Å². The molecule has 10 heavy (non-hydrogen) atoms. The fourth-order valence-corrected chi connectivity index (χ4v) is 2.05. The van der Waals surface area contributed by atoms with Crippen molar-refractivity contribution in [2.45, 2.75) is 13.0 Å². The summed E-state index contributed by atoms with van der Waals surface area (Å²) in [5, 5.41) is 8.81.